The highest BCUT2D eigenvalue weighted by molar-refractivity contribution is 6.28. The zero-order valence-electron chi connectivity index (χ0n) is 18.3. The molecule has 1 fully saturated rings. The molecule has 0 bridgehead atoms. The molecule has 176 valence electrons. The lowest BCUT2D eigenvalue weighted by Gasteiger charge is -2.23. The Morgan fingerprint density at radius 1 is 1.24 bits per heavy atom. The van der Waals surface area contributed by atoms with E-state index in [-0.39, 0.29) is 22.3 Å². The Morgan fingerprint density at radius 2 is 1.94 bits per heavy atom. The van der Waals surface area contributed by atoms with Crippen molar-refractivity contribution in [3.63, 3.8) is 0 Å². The third-order valence-corrected chi connectivity index (χ3v) is 5.32. The van der Waals surface area contributed by atoms with Gasteiger partial charge in [-0.1, -0.05) is 12.0 Å². The molecule has 10 nitrogen and oxygen atoms in total. The number of aromatic nitrogens is 4. The quantitative estimate of drug-likeness (QED) is 0.329. The summed E-state index contributed by atoms with van der Waals surface area (Å²) in [6, 6.07) is 4.57. The number of terminal acetylenes is 1. The van der Waals surface area contributed by atoms with Crippen LogP contribution in [0.2, 0.25) is 5.28 Å². The smallest absolute Gasteiger partial charge is 0.303 e. The highest BCUT2D eigenvalue weighted by Gasteiger charge is 2.50. The van der Waals surface area contributed by atoms with E-state index in [1.807, 2.05) is 0 Å². The van der Waals surface area contributed by atoms with Crippen molar-refractivity contribution in [3.8, 4) is 12.3 Å². The van der Waals surface area contributed by atoms with Crippen molar-refractivity contribution in [1.29, 1.82) is 0 Å². The topological polar surface area (TPSA) is 117 Å². The van der Waals surface area contributed by atoms with Crippen LogP contribution in [0.3, 0.4) is 0 Å². The molecule has 4 unspecified atom stereocenters. The summed E-state index contributed by atoms with van der Waals surface area (Å²) in [7, 11) is 0. The monoisotopic (exact) mass is 487 g/mol. The number of ether oxygens (including phenoxy) is 3. The predicted molar refractivity (Wildman–Crippen MR) is 119 cm³/mol. The van der Waals surface area contributed by atoms with E-state index in [1.165, 1.54) is 30.8 Å². The van der Waals surface area contributed by atoms with E-state index in [0.29, 0.717) is 11.3 Å². The summed E-state index contributed by atoms with van der Waals surface area (Å²) in [5, 5.41) is 2.89. The van der Waals surface area contributed by atoms with Gasteiger partial charge in [0.1, 0.15) is 5.82 Å². The Labute approximate surface area is 198 Å². The van der Waals surface area contributed by atoms with Crippen LogP contribution in [0.25, 0.3) is 11.2 Å². The average molecular weight is 488 g/mol. The lowest BCUT2D eigenvalue weighted by molar-refractivity contribution is -0.165. The number of carbonyl (C=O) groups excluding carboxylic acids is 2. The Balaban J connectivity index is 1.78. The Hall–Kier alpha value is -3.75. The lowest BCUT2D eigenvalue weighted by atomic mass is 10.1. The molecular weight excluding hydrogens is 469 g/mol. The largest absolute Gasteiger partial charge is 0.455 e. The molecule has 3 heterocycles. The molecule has 3 aromatic rings. The van der Waals surface area contributed by atoms with Crippen molar-refractivity contribution in [3.05, 3.63) is 41.2 Å². The van der Waals surface area contributed by atoms with Gasteiger partial charge in [-0.15, -0.1) is 6.42 Å². The fraction of sp³-hybridized carbons (Fsp3) is 0.318. The SMILES string of the molecule is C#CC1OC(n2cnc3c(Nc4cccc(F)c4C)nc(Cl)nc32)C(OC(C)=O)C1OC(C)=O. The summed E-state index contributed by atoms with van der Waals surface area (Å²) < 4.78 is 32.0. The number of anilines is 2. The first kappa shape index (κ1) is 23.4. The van der Waals surface area contributed by atoms with E-state index >= 15 is 0 Å². The van der Waals surface area contributed by atoms with E-state index in [2.05, 4.69) is 26.2 Å². The molecule has 0 amide bonds. The summed E-state index contributed by atoms with van der Waals surface area (Å²) in [6.07, 6.45) is 2.76. The zero-order valence-corrected chi connectivity index (χ0v) is 19.0. The third-order valence-electron chi connectivity index (χ3n) is 5.15. The molecule has 0 aliphatic carbocycles. The second kappa shape index (κ2) is 9.24. The maximum Gasteiger partial charge on any atom is 0.303 e. The second-order valence-electron chi connectivity index (χ2n) is 7.46. The highest BCUT2D eigenvalue weighted by Crippen LogP contribution is 2.36. The molecule has 1 N–H and O–H groups in total. The first-order valence-corrected chi connectivity index (χ1v) is 10.5. The number of benzene rings is 1. The van der Waals surface area contributed by atoms with Crippen LogP contribution in [-0.2, 0) is 23.8 Å². The standard InChI is InChI=1S/C22H19ClFN5O5/c1-5-15-17(32-11(3)30)18(33-12(4)31)21(34-15)29-9-25-16-19(27-22(23)28-20(16)29)26-14-8-6-7-13(24)10(14)2/h1,6-9,15,17-18,21H,2-4H3,(H,26,27,28). The fourth-order valence-electron chi connectivity index (χ4n) is 3.67. The summed E-state index contributed by atoms with van der Waals surface area (Å²) in [5.41, 5.74) is 1.34. The van der Waals surface area contributed by atoms with Crippen molar-refractivity contribution in [2.45, 2.75) is 45.3 Å². The van der Waals surface area contributed by atoms with Crippen molar-refractivity contribution in [2.75, 3.05) is 5.32 Å². The number of hydrogen-bond acceptors (Lipinski definition) is 9. The van der Waals surface area contributed by atoms with E-state index in [1.54, 1.807) is 19.1 Å². The third kappa shape index (κ3) is 4.37. The molecule has 1 aliphatic heterocycles. The predicted octanol–water partition coefficient (Wildman–Crippen LogP) is 3.06. The van der Waals surface area contributed by atoms with E-state index in [9.17, 15) is 14.0 Å². The molecule has 34 heavy (non-hydrogen) atoms. The van der Waals surface area contributed by atoms with Crippen LogP contribution in [0.5, 0.6) is 0 Å². The summed E-state index contributed by atoms with van der Waals surface area (Å²) in [6.45, 7) is 4.03. The Kier molecular flexibility index (Phi) is 6.37. The normalized spacial score (nSPS) is 21.8. The van der Waals surface area contributed by atoms with Gasteiger partial charge >= 0.3 is 11.9 Å². The number of rotatable bonds is 5. The number of hydrogen-bond donors (Lipinski definition) is 1. The summed E-state index contributed by atoms with van der Waals surface area (Å²) in [4.78, 5) is 36.2. The molecule has 12 heteroatoms. The van der Waals surface area contributed by atoms with E-state index in [0.717, 1.165) is 0 Å². The molecule has 4 atom stereocenters. The fourth-order valence-corrected chi connectivity index (χ4v) is 3.83. The van der Waals surface area contributed by atoms with Gasteiger partial charge in [0.05, 0.1) is 6.33 Å². The molecule has 4 rings (SSSR count). The van der Waals surface area contributed by atoms with Gasteiger partial charge in [-0.05, 0) is 30.7 Å². The van der Waals surface area contributed by atoms with Gasteiger partial charge in [-0.2, -0.15) is 9.97 Å². The van der Waals surface area contributed by atoms with Crippen LogP contribution in [0.15, 0.2) is 24.5 Å². The van der Waals surface area contributed by atoms with Crippen LogP contribution < -0.4 is 5.32 Å². The Bertz CT molecular complexity index is 1320. The average Bonchev–Trinajstić information content (AvgIpc) is 3.32. The van der Waals surface area contributed by atoms with Crippen LogP contribution in [-0.4, -0.2) is 49.8 Å². The van der Waals surface area contributed by atoms with Gasteiger partial charge in [0.2, 0.25) is 5.28 Å². The molecule has 1 aliphatic rings. The van der Waals surface area contributed by atoms with Crippen molar-refractivity contribution >= 4 is 46.2 Å². The number of halogens is 2. The van der Waals surface area contributed by atoms with Crippen molar-refractivity contribution in [1.82, 2.24) is 19.5 Å². The highest BCUT2D eigenvalue weighted by atomic mass is 35.5. The van der Waals surface area contributed by atoms with Gasteiger partial charge in [-0.3, -0.25) is 14.2 Å². The number of esters is 2. The molecule has 0 saturated carbocycles. The van der Waals surface area contributed by atoms with Crippen LogP contribution in [0, 0.1) is 25.1 Å². The molecule has 1 saturated heterocycles. The van der Waals surface area contributed by atoms with E-state index < -0.39 is 42.3 Å². The maximum atomic E-state index is 14.0. The molecule has 0 radical (unpaired) electrons. The molecule has 0 spiro atoms. The lowest BCUT2D eigenvalue weighted by Crippen LogP contribution is -2.38. The van der Waals surface area contributed by atoms with Gasteiger partial charge in [0.25, 0.3) is 0 Å². The van der Waals surface area contributed by atoms with Crippen LogP contribution >= 0.6 is 11.6 Å². The molecule has 1 aromatic carbocycles. The van der Waals surface area contributed by atoms with Crippen molar-refractivity contribution < 1.29 is 28.2 Å². The zero-order chi connectivity index (χ0) is 24.6. The van der Waals surface area contributed by atoms with Gasteiger partial charge in [0, 0.05) is 25.1 Å². The Morgan fingerprint density at radius 3 is 2.62 bits per heavy atom. The van der Waals surface area contributed by atoms with E-state index in [4.69, 9.17) is 32.2 Å². The molecular formula is C22H19ClFN5O5. The second-order valence-corrected chi connectivity index (χ2v) is 7.80. The van der Waals surface area contributed by atoms with Crippen LogP contribution in [0.1, 0.15) is 25.6 Å². The van der Waals surface area contributed by atoms with Crippen molar-refractivity contribution in [2.24, 2.45) is 0 Å². The van der Waals surface area contributed by atoms with Gasteiger partial charge < -0.3 is 19.5 Å². The summed E-state index contributed by atoms with van der Waals surface area (Å²) >= 11 is 6.17. The van der Waals surface area contributed by atoms with Gasteiger partial charge in [0.15, 0.2) is 41.5 Å². The number of nitrogens with one attached hydrogen (secondary N) is 1. The first-order valence-electron chi connectivity index (χ1n) is 10.1. The van der Waals surface area contributed by atoms with Crippen LogP contribution in [0.4, 0.5) is 15.9 Å². The number of imidazole rings is 1. The first-order chi connectivity index (χ1) is 16.2. The minimum atomic E-state index is -1.09. The maximum absolute atomic E-state index is 14.0. The molecule has 2 aromatic heterocycles. The number of carbonyl (C=O) groups is 2. The van der Waals surface area contributed by atoms with Gasteiger partial charge in [-0.25, -0.2) is 9.37 Å². The minimum Gasteiger partial charge on any atom is -0.455 e. The minimum absolute atomic E-state index is 0.127. The summed E-state index contributed by atoms with van der Waals surface area (Å²) in [5.74, 6) is 0.969. The number of nitrogens with zero attached hydrogens (tertiary/aromatic N) is 4. The number of fused-ring (bicyclic) bond motifs is 1.